The lowest BCUT2D eigenvalue weighted by molar-refractivity contribution is -0.109. The van der Waals surface area contributed by atoms with Gasteiger partial charge in [0.1, 0.15) is 6.29 Å². The second-order valence-electron chi connectivity index (χ2n) is 3.77. The van der Waals surface area contributed by atoms with Crippen molar-refractivity contribution in [1.82, 2.24) is 5.32 Å². The zero-order valence-electron chi connectivity index (χ0n) is 7.88. The van der Waals surface area contributed by atoms with Gasteiger partial charge in [-0.3, -0.25) is 0 Å². The molecular formula is C10H19NO. The third-order valence-corrected chi connectivity index (χ3v) is 2.85. The minimum absolute atomic E-state index is 0.0908. The van der Waals surface area contributed by atoms with Crippen LogP contribution in [0.3, 0.4) is 0 Å². The van der Waals surface area contributed by atoms with Crippen LogP contribution in [-0.4, -0.2) is 19.4 Å². The molecule has 0 amide bonds. The molecule has 1 aliphatic carbocycles. The van der Waals surface area contributed by atoms with E-state index in [1.165, 1.54) is 32.1 Å². The fourth-order valence-electron chi connectivity index (χ4n) is 2.02. The number of hydrogen-bond acceptors (Lipinski definition) is 2. The fraction of sp³-hybridized carbons (Fsp3) is 0.900. The van der Waals surface area contributed by atoms with Crippen LogP contribution in [0.15, 0.2) is 0 Å². The van der Waals surface area contributed by atoms with E-state index in [1.807, 2.05) is 7.05 Å². The van der Waals surface area contributed by atoms with E-state index in [-0.39, 0.29) is 6.04 Å². The topological polar surface area (TPSA) is 29.1 Å². The Bertz CT molecular complexity index is 130. The van der Waals surface area contributed by atoms with Gasteiger partial charge in [0.2, 0.25) is 0 Å². The van der Waals surface area contributed by atoms with E-state index in [9.17, 15) is 4.79 Å². The molecule has 0 radical (unpaired) electrons. The normalized spacial score (nSPS) is 22.1. The lowest BCUT2D eigenvalue weighted by atomic mass is 9.85. The Labute approximate surface area is 74.7 Å². The Balaban J connectivity index is 2.22. The van der Waals surface area contributed by atoms with E-state index >= 15 is 0 Å². The lowest BCUT2D eigenvalue weighted by Gasteiger charge is -2.23. The first-order valence-electron chi connectivity index (χ1n) is 4.99. The maximum absolute atomic E-state index is 10.5. The SMILES string of the molecule is CNC(C=O)CC1CCCCC1. The van der Waals surface area contributed by atoms with Gasteiger partial charge in [-0.1, -0.05) is 32.1 Å². The van der Waals surface area contributed by atoms with Crippen LogP contribution in [0.2, 0.25) is 0 Å². The molecule has 0 saturated heterocycles. The third kappa shape index (κ3) is 2.94. The maximum atomic E-state index is 10.5. The molecule has 1 unspecified atom stereocenters. The molecule has 0 aliphatic heterocycles. The van der Waals surface area contributed by atoms with Gasteiger partial charge in [-0.05, 0) is 19.4 Å². The first kappa shape index (κ1) is 9.72. The minimum atomic E-state index is 0.0908. The second kappa shape index (κ2) is 5.31. The van der Waals surface area contributed by atoms with Crippen LogP contribution >= 0.6 is 0 Å². The highest BCUT2D eigenvalue weighted by Crippen LogP contribution is 2.26. The molecule has 1 saturated carbocycles. The Hall–Kier alpha value is -0.370. The first-order chi connectivity index (χ1) is 5.86. The van der Waals surface area contributed by atoms with Crippen LogP contribution in [-0.2, 0) is 4.79 Å². The molecule has 0 spiro atoms. The predicted octanol–water partition coefficient (Wildman–Crippen LogP) is 1.74. The summed E-state index contributed by atoms with van der Waals surface area (Å²) in [5.74, 6) is 0.793. The van der Waals surface area contributed by atoms with Gasteiger partial charge < -0.3 is 10.1 Å². The maximum Gasteiger partial charge on any atom is 0.136 e. The van der Waals surface area contributed by atoms with Crippen LogP contribution in [0, 0.1) is 5.92 Å². The highest BCUT2D eigenvalue weighted by molar-refractivity contribution is 5.57. The molecule has 0 aromatic carbocycles. The number of rotatable bonds is 4. The number of carbonyl (C=O) groups excluding carboxylic acids is 1. The van der Waals surface area contributed by atoms with Crippen molar-refractivity contribution in [3.05, 3.63) is 0 Å². The molecule has 1 atom stereocenters. The van der Waals surface area contributed by atoms with Crippen molar-refractivity contribution in [3.8, 4) is 0 Å². The van der Waals surface area contributed by atoms with E-state index in [4.69, 9.17) is 0 Å². The quantitative estimate of drug-likeness (QED) is 0.649. The second-order valence-corrected chi connectivity index (χ2v) is 3.77. The van der Waals surface area contributed by atoms with Crippen molar-refractivity contribution in [2.75, 3.05) is 7.05 Å². The predicted molar refractivity (Wildman–Crippen MR) is 50.1 cm³/mol. The molecular weight excluding hydrogens is 150 g/mol. The highest BCUT2D eigenvalue weighted by Gasteiger charge is 2.16. The van der Waals surface area contributed by atoms with Crippen molar-refractivity contribution < 1.29 is 4.79 Å². The largest absolute Gasteiger partial charge is 0.311 e. The van der Waals surface area contributed by atoms with E-state index in [0.717, 1.165) is 18.6 Å². The number of likely N-dealkylation sites (N-methyl/N-ethyl adjacent to an activating group) is 1. The molecule has 0 heterocycles. The molecule has 1 aliphatic rings. The number of aldehydes is 1. The summed E-state index contributed by atoms with van der Waals surface area (Å²) in [5, 5.41) is 3.03. The van der Waals surface area contributed by atoms with E-state index < -0.39 is 0 Å². The Morgan fingerprint density at radius 3 is 2.58 bits per heavy atom. The highest BCUT2D eigenvalue weighted by atomic mass is 16.1. The first-order valence-corrected chi connectivity index (χ1v) is 4.99. The summed E-state index contributed by atoms with van der Waals surface area (Å²) in [7, 11) is 1.86. The molecule has 0 bridgehead atoms. The van der Waals surface area contributed by atoms with Crippen molar-refractivity contribution in [2.24, 2.45) is 5.92 Å². The van der Waals surface area contributed by atoms with E-state index in [2.05, 4.69) is 5.32 Å². The summed E-state index contributed by atoms with van der Waals surface area (Å²) in [5.41, 5.74) is 0. The average Bonchev–Trinajstić information content (AvgIpc) is 2.16. The third-order valence-electron chi connectivity index (χ3n) is 2.85. The van der Waals surface area contributed by atoms with Gasteiger partial charge in [-0.2, -0.15) is 0 Å². The number of hydrogen-bond donors (Lipinski definition) is 1. The van der Waals surface area contributed by atoms with Crippen molar-refractivity contribution in [3.63, 3.8) is 0 Å². The van der Waals surface area contributed by atoms with E-state index in [1.54, 1.807) is 0 Å². The Morgan fingerprint density at radius 2 is 2.08 bits per heavy atom. The van der Waals surface area contributed by atoms with Crippen molar-refractivity contribution >= 4 is 6.29 Å². The van der Waals surface area contributed by atoms with Gasteiger partial charge in [0.15, 0.2) is 0 Å². The number of carbonyl (C=O) groups is 1. The lowest BCUT2D eigenvalue weighted by Crippen LogP contribution is -2.29. The smallest absolute Gasteiger partial charge is 0.136 e. The van der Waals surface area contributed by atoms with Crippen LogP contribution in [0.1, 0.15) is 38.5 Å². The van der Waals surface area contributed by atoms with Crippen molar-refractivity contribution in [2.45, 2.75) is 44.6 Å². The standard InChI is InChI=1S/C10H19NO/c1-11-10(8-12)7-9-5-3-2-4-6-9/h8-11H,2-7H2,1H3. The zero-order chi connectivity index (χ0) is 8.81. The van der Waals surface area contributed by atoms with Gasteiger partial charge in [-0.25, -0.2) is 0 Å². The average molecular weight is 169 g/mol. The summed E-state index contributed by atoms with van der Waals surface area (Å²) < 4.78 is 0. The van der Waals surface area contributed by atoms with Crippen molar-refractivity contribution in [1.29, 1.82) is 0 Å². The van der Waals surface area contributed by atoms with Crippen LogP contribution < -0.4 is 5.32 Å². The van der Waals surface area contributed by atoms with Gasteiger partial charge in [0.25, 0.3) is 0 Å². The fourth-order valence-corrected chi connectivity index (χ4v) is 2.02. The molecule has 2 nitrogen and oxygen atoms in total. The van der Waals surface area contributed by atoms with E-state index in [0.29, 0.717) is 0 Å². The molecule has 70 valence electrons. The van der Waals surface area contributed by atoms with Crippen LogP contribution in [0.4, 0.5) is 0 Å². The molecule has 1 N–H and O–H groups in total. The minimum Gasteiger partial charge on any atom is -0.311 e. The monoisotopic (exact) mass is 169 g/mol. The summed E-state index contributed by atoms with van der Waals surface area (Å²) in [6.07, 6.45) is 8.84. The molecule has 12 heavy (non-hydrogen) atoms. The van der Waals surface area contributed by atoms with Gasteiger partial charge in [0.05, 0.1) is 6.04 Å². The molecule has 1 fully saturated rings. The Morgan fingerprint density at radius 1 is 1.42 bits per heavy atom. The Kier molecular flexibility index (Phi) is 4.30. The van der Waals surface area contributed by atoms with Crippen LogP contribution in [0.25, 0.3) is 0 Å². The van der Waals surface area contributed by atoms with Crippen LogP contribution in [0.5, 0.6) is 0 Å². The summed E-state index contributed by atoms with van der Waals surface area (Å²) in [6.45, 7) is 0. The zero-order valence-corrected chi connectivity index (χ0v) is 7.88. The van der Waals surface area contributed by atoms with Gasteiger partial charge in [0, 0.05) is 0 Å². The summed E-state index contributed by atoms with van der Waals surface area (Å²) >= 11 is 0. The van der Waals surface area contributed by atoms with Gasteiger partial charge in [-0.15, -0.1) is 0 Å². The molecule has 0 aromatic rings. The van der Waals surface area contributed by atoms with Gasteiger partial charge >= 0.3 is 0 Å². The molecule has 1 rings (SSSR count). The summed E-state index contributed by atoms with van der Waals surface area (Å²) in [6, 6.07) is 0.0908. The number of nitrogens with one attached hydrogen (secondary N) is 1. The molecule has 2 heteroatoms. The summed E-state index contributed by atoms with van der Waals surface area (Å²) in [4.78, 5) is 10.5. The molecule has 0 aromatic heterocycles.